The quantitative estimate of drug-likeness (QED) is 0.720. The second-order valence-electron chi connectivity index (χ2n) is 3.38. The lowest BCUT2D eigenvalue weighted by molar-refractivity contribution is 0.490. The van der Waals surface area contributed by atoms with Gasteiger partial charge in [-0.05, 0) is 19.1 Å². The smallest absolute Gasteiger partial charge is 0.276 e. The van der Waals surface area contributed by atoms with Gasteiger partial charge in [0.1, 0.15) is 11.4 Å². The van der Waals surface area contributed by atoms with Crippen molar-refractivity contribution in [2.24, 2.45) is 0 Å². The zero-order valence-electron chi connectivity index (χ0n) is 8.73. The van der Waals surface area contributed by atoms with E-state index in [1.54, 1.807) is 12.3 Å². The van der Waals surface area contributed by atoms with E-state index in [1.807, 2.05) is 13.0 Å². The van der Waals surface area contributed by atoms with Crippen LogP contribution in [0.2, 0.25) is 0 Å². The number of anilines is 2. The molecule has 0 saturated heterocycles. The zero-order valence-corrected chi connectivity index (χ0v) is 8.73. The Hall–Kier alpha value is -2.24. The summed E-state index contributed by atoms with van der Waals surface area (Å²) in [6, 6.07) is 3.52. The van der Waals surface area contributed by atoms with Gasteiger partial charge in [-0.25, -0.2) is 4.98 Å². The van der Waals surface area contributed by atoms with E-state index < -0.39 is 0 Å². The van der Waals surface area contributed by atoms with Gasteiger partial charge in [-0.1, -0.05) is 0 Å². The Labute approximate surface area is 91.5 Å². The molecule has 0 aliphatic carbocycles. The average Bonchev–Trinajstić information content (AvgIpc) is 2.78. The highest BCUT2D eigenvalue weighted by atomic mass is 16.3. The summed E-state index contributed by atoms with van der Waals surface area (Å²) in [6.07, 6.45) is 2.89. The molecule has 0 spiro atoms. The highest BCUT2D eigenvalue weighted by molar-refractivity contribution is 5.59. The first-order valence-corrected chi connectivity index (χ1v) is 4.81. The van der Waals surface area contributed by atoms with Gasteiger partial charge in [0.15, 0.2) is 5.82 Å². The van der Waals surface area contributed by atoms with Crippen molar-refractivity contribution in [1.82, 2.24) is 9.97 Å². The van der Waals surface area contributed by atoms with Gasteiger partial charge in [-0.2, -0.15) is 0 Å². The Bertz CT molecular complexity index is 518. The summed E-state index contributed by atoms with van der Waals surface area (Å²) < 4.78 is 5.22. The summed E-state index contributed by atoms with van der Waals surface area (Å²) in [5.74, 6) is 1.11. The molecule has 1 atom stereocenters. The van der Waals surface area contributed by atoms with E-state index in [0.29, 0.717) is 5.82 Å². The predicted octanol–water partition coefficient (Wildman–Crippen LogP) is 1.12. The third-order valence-corrected chi connectivity index (χ3v) is 2.21. The van der Waals surface area contributed by atoms with Crippen molar-refractivity contribution in [2.45, 2.75) is 13.0 Å². The molecule has 0 aromatic carbocycles. The van der Waals surface area contributed by atoms with E-state index in [1.165, 1.54) is 6.33 Å². The van der Waals surface area contributed by atoms with Crippen molar-refractivity contribution in [3.8, 4) is 0 Å². The Morgan fingerprint density at radius 1 is 1.62 bits per heavy atom. The molecule has 2 rings (SSSR count). The van der Waals surface area contributed by atoms with Crippen LogP contribution in [0.15, 0.2) is 33.9 Å². The average molecular weight is 220 g/mol. The van der Waals surface area contributed by atoms with E-state index in [2.05, 4.69) is 15.3 Å². The minimum absolute atomic E-state index is 0.0703. The van der Waals surface area contributed by atoms with Crippen molar-refractivity contribution in [3.63, 3.8) is 0 Å². The van der Waals surface area contributed by atoms with Gasteiger partial charge in [-0.3, -0.25) is 4.79 Å². The summed E-state index contributed by atoms with van der Waals surface area (Å²) in [4.78, 5) is 17.6. The fourth-order valence-electron chi connectivity index (χ4n) is 1.34. The molecule has 2 aromatic heterocycles. The standard InChI is InChI=1S/C10H12N4O2/c1-6(7-3-2-4-16-7)14-9-8(11)10(15)13-5-12-9/h2-6H,11H2,1H3,(H2,12,13,14,15). The van der Waals surface area contributed by atoms with Crippen LogP contribution in [-0.4, -0.2) is 9.97 Å². The SMILES string of the molecule is CC(Nc1nc[nH]c(=O)c1N)c1ccco1. The van der Waals surface area contributed by atoms with Gasteiger partial charge in [0.05, 0.1) is 18.6 Å². The molecule has 0 fully saturated rings. The van der Waals surface area contributed by atoms with Crippen molar-refractivity contribution >= 4 is 11.5 Å². The van der Waals surface area contributed by atoms with Gasteiger partial charge in [-0.15, -0.1) is 0 Å². The molecule has 1 unspecified atom stereocenters. The molecule has 0 amide bonds. The van der Waals surface area contributed by atoms with Crippen molar-refractivity contribution in [1.29, 1.82) is 0 Å². The monoisotopic (exact) mass is 220 g/mol. The zero-order chi connectivity index (χ0) is 11.5. The molecule has 84 valence electrons. The number of nitrogen functional groups attached to an aromatic ring is 1. The van der Waals surface area contributed by atoms with Gasteiger partial charge in [0.25, 0.3) is 5.56 Å². The second-order valence-corrected chi connectivity index (χ2v) is 3.38. The Balaban J connectivity index is 2.21. The number of aromatic amines is 1. The Kier molecular flexibility index (Phi) is 2.63. The molecule has 2 aromatic rings. The molecule has 4 N–H and O–H groups in total. The van der Waals surface area contributed by atoms with Gasteiger partial charge >= 0.3 is 0 Å². The number of nitrogens with two attached hydrogens (primary N) is 1. The predicted molar refractivity (Wildman–Crippen MR) is 60.0 cm³/mol. The third-order valence-electron chi connectivity index (χ3n) is 2.21. The minimum atomic E-state index is -0.357. The van der Waals surface area contributed by atoms with Crippen LogP contribution in [0, 0.1) is 0 Å². The van der Waals surface area contributed by atoms with Gasteiger partial charge < -0.3 is 20.5 Å². The van der Waals surface area contributed by atoms with Crippen LogP contribution in [0.1, 0.15) is 18.7 Å². The number of aromatic nitrogens is 2. The minimum Gasteiger partial charge on any atom is -0.467 e. The van der Waals surface area contributed by atoms with Crippen LogP contribution in [-0.2, 0) is 0 Å². The summed E-state index contributed by atoms with van der Waals surface area (Å²) in [5, 5.41) is 3.00. The van der Waals surface area contributed by atoms with Gasteiger partial charge in [0.2, 0.25) is 0 Å². The number of nitrogens with one attached hydrogen (secondary N) is 2. The number of rotatable bonds is 3. The number of hydrogen-bond donors (Lipinski definition) is 3. The summed E-state index contributed by atoms with van der Waals surface area (Å²) >= 11 is 0. The van der Waals surface area contributed by atoms with E-state index >= 15 is 0 Å². The van der Waals surface area contributed by atoms with Crippen molar-refractivity contribution in [2.75, 3.05) is 11.1 Å². The maximum atomic E-state index is 11.2. The molecular formula is C10H12N4O2. The van der Waals surface area contributed by atoms with Crippen LogP contribution in [0.5, 0.6) is 0 Å². The molecule has 0 aliphatic rings. The largest absolute Gasteiger partial charge is 0.467 e. The molecule has 2 heterocycles. The first-order valence-electron chi connectivity index (χ1n) is 4.81. The number of hydrogen-bond acceptors (Lipinski definition) is 5. The molecule has 6 nitrogen and oxygen atoms in total. The maximum absolute atomic E-state index is 11.2. The maximum Gasteiger partial charge on any atom is 0.276 e. The first-order chi connectivity index (χ1) is 7.68. The lowest BCUT2D eigenvalue weighted by atomic mass is 10.2. The molecule has 0 bridgehead atoms. The fourth-order valence-corrected chi connectivity index (χ4v) is 1.34. The van der Waals surface area contributed by atoms with Crippen LogP contribution < -0.4 is 16.6 Å². The van der Waals surface area contributed by atoms with Crippen LogP contribution in [0.3, 0.4) is 0 Å². The number of H-pyrrole nitrogens is 1. The third kappa shape index (κ3) is 1.90. The fraction of sp³-hybridized carbons (Fsp3) is 0.200. The Morgan fingerprint density at radius 3 is 3.12 bits per heavy atom. The van der Waals surface area contributed by atoms with Crippen LogP contribution in [0.4, 0.5) is 11.5 Å². The highest BCUT2D eigenvalue weighted by Gasteiger charge is 2.11. The molecule has 0 radical (unpaired) electrons. The van der Waals surface area contributed by atoms with E-state index in [9.17, 15) is 4.79 Å². The van der Waals surface area contributed by atoms with Crippen molar-refractivity contribution < 1.29 is 4.42 Å². The van der Waals surface area contributed by atoms with E-state index in [0.717, 1.165) is 5.76 Å². The molecule has 0 saturated carbocycles. The lowest BCUT2D eigenvalue weighted by Gasteiger charge is -2.12. The topological polar surface area (TPSA) is 96.9 Å². The normalized spacial score (nSPS) is 12.3. The molecule has 16 heavy (non-hydrogen) atoms. The van der Waals surface area contributed by atoms with Gasteiger partial charge in [0, 0.05) is 0 Å². The molecule has 6 heteroatoms. The van der Waals surface area contributed by atoms with E-state index in [-0.39, 0.29) is 17.3 Å². The van der Waals surface area contributed by atoms with E-state index in [4.69, 9.17) is 10.2 Å². The van der Waals surface area contributed by atoms with Crippen molar-refractivity contribution in [3.05, 3.63) is 40.8 Å². The number of nitrogens with zero attached hydrogens (tertiary/aromatic N) is 1. The summed E-state index contributed by atoms with van der Waals surface area (Å²) in [5.41, 5.74) is 5.30. The highest BCUT2D eigenvalue weighted by Crippen LogP contribution is 2.19. The van der Waals surface area contributed by atoms with Crippen LogP contribution >= 0.6 is 0 Å². The lowest BCUT2D eigenvalue weighted by Crippen LogP contribution is -2.17. The summed E-state index contributed by atoms with van der Waals surface area (Å²) in [7, 11) is 0. The van der Waals surface area contributed by atoms with Crippen LogP contribution in [0.25, 0.3) is 0 Å². The molecule has 0 aliphatic heterocycles. The number of furan rings is 1. The second kappa shape index (κ2) is 4.09. The molecular weight excluding hydrogens is 208 g/mol. The summed E-state index contributed by atoms with van der Waals surface area (Å²) in [6.45, 7) is 1.89. The Morgan fingerprint density at radius 2 is 2.44 bits per heavy atom. The first kappa shape index (κ1) is 10.3.